The van der Waals surface area contributed by atoms with Crippen LogP contribution in [0.5, 0.6) is 0 Å². The summed E-state index contributed by atoms with van der Waals surface area (Å²) in [7, 11) is 0. The summed E-state index contributed by atoms with van der Waals surface area (Å²) in [6.45, 7) is 2.02. The highest BCUT2D eigenvalue weighted by Gasteiger charge is 2.19. The van der Waals surface area contributed by atoms with Crippen molar-refractivity contribution in [3.8, 4) is 0 Å². The Morgan fingerprint density at radius 3 is 2.80 bits per heavy atom. The molecule has 3 heteroatoms. The molecule has 1 aromatic rings. The average molecular weight is 204 g/mol. The first kappa shape index (κ1) is 10.2. The molecule has 0 aliphatic carbocycles. The second kappa shape index (κ2) is 4.45. The minimum atomic E-state index is 0.173. The van der Waals surface area contributed by atoms with Crippen LogP contribution in [0.2, 0.25) is 0 Å². The lowest BCUT2D eigenvalue weighted by Gasteiger charge is -2.28. The Bertz CT molecular complexity index is 362. The van der Waals surface area contributed by atoms with E-state index in [9.17, 15) is 4.79 Å². The SMILES string of the molecule is NCCC(=O)N1CCc2ccccc2C1. The molecule has 1 aliphatic heterocycles. The van der Waals surface area contributed by atoms with Crippen LogP contribution in [-0.2, 0) is 17.8 Å². The molecular formula is C12H16N2O. The first-order valence-corrected chi connectivity index (χ1v) is 5.36. The van der Waals surface area contributed by atoms with Crippen molar-refractivity contribution in [2.45, 2.75) is 19.4 Å². The van der Waals surface area contributed by atoms with Crippen LogP contribution in [0.1, 0.15) is 17.5 Å². The summed E-state index contributed by atoms with van der Waals surface area (Å²) in [4.78, 5) is 13.6. The maximum absolute atomic E-state index is 11.7. The van der Waals surface area contributed by atoms with Crippen LogP contribution in [0.4, 0.5) is 0 Å². The van der Waals surface area contributed by atoms with Gasteiger partial charge in [0.15, 0.2) is 0 Å². The van der Waals surface area contributed by atoms with Gasteiger partial charge in [0.05, 0.1) is 0 Å². The molecule has 0 atom stereocenters. The smallest absolute Gasteiger partial charge is 0.224 e. The summed E-state index contributed by atoms with van der Waals surface area (Å²) in [6, 6.07) is 8.31. The largest absolute Gasteiger partial charge is 0.338 e. The third-order valence-corrected chi connectivity index (χ3v) is 2.84. The first-order valence-electron chi connectivity index (χ1n) is 5.36. The summed E-state index contributed by atoms with van der Waals surface area (Å²) in [5, 5.41) is 0. The Hall–Kier alpha value is -1.35. The lowest BCUT2D eigenvalue weighted by atomic mass is 10.00. The van der Waals surface area contributed by atoms with E-state index in [4.69, 9.17) is 5.73 Å². The van der Waals surface area contributed by atoms with Gasteiger partial charge in [0.1, 0.15) is 0 Å². The van der Waals surface area contributed by atoms with Crippen molar-refractivity contribution in [1.29, 1.82) is 0 Å². The van der Waals surface area contributed by atoms with Crippen molar-refractivity contribution < 1.29 is 4.79 Å². The number of carbonyl (C=O) groups is 1. The maximum Gasteiger partial charge on any atom is 0.224 e. The number of rotatable bonds is 2. The zero-order chi connectivity index (χ0) is 10.7. The molecule has 1 aliphatic rings. The number of nitrogens with zero attached hydrogens (tertiary/aromatic N) is 1. The molecule has 0 radical (unpaired) electrons. The van der Waals surface area contributed by atoms with Gasteiger partial charge < -0.3 is 10.6 Å². The molecule has 1 amide bonds. The molecule has 1 aromatic carbocycles. The fourth-order valence-corrected chi connectivity index (χ4v) is 1.99. The summed E-state index contributed by atoms with van der Waals surface area (Å²) >= 11 is 0. The number of benzene rings is 1. The van der Waals surface area contributed by atoms with Crippen LogP contribution in [0.3, 0.4) is 0 Å². The molecule has 0 spiro atoms. The summed E-state index contributed by atoms with van der Waals surface area (Å²) in [6.07, 6.45) is 1.43. The fraction of sp³-hybridized carbons (Fsp3) is 0.417. The molecule has 2 N–H and O–H groups in total. The molecule has 0 aromatic heterocycles. The van der Waals surface area contributed by atoms with Crippen molar-refractivity contribution in [2.24, 2.45) is 5.73 Å². The Morgan fingerprint density at radius 2 is 2.07 bits per heavy atom. The van der Waals surface area contributed by atoms with Gasteiger partial charge in [-0.25, -0.2) is 0 Å². The molecule has 3 nitrogen and oxygen atoms in total. The highest BCUT2D eigenvalue weighted by Crippen LogP contribution is 2.18. The molecule has 0 saturated carbocycles. The van der Waals surface area contributed by atoms with Crippen LogP contribution < -0.4 is 5.73 Å². The fourth-order valence-electron chi connectivity index (χ4n) is 1.99. The number of amides is 1. The molecule has 0 fully saturated rings. The topological polar surface area (TPSA) is 46.3 Å². The van der Waals surface area contributed by atoms with Crippen molar-refractivity contribution in [3.63, 3.8) is 0 Å². The van der Waals surface area contributed by atoms with Gasteiger partial charge in [-0.3, -0.25) is 4.79 Å². The molecule has 0 unspecified atom stereocenters. The van der Waals surface area contributed by atoms with E-state index < -0.39 is 0 Å². The Labute approximate surface area is 89.9 Å². The molecule has 2 rings (SSSR count). The quantitative estimate of drug-likeness (QED) is 0.778. The van der Waals surface area contributed by atoms with Gasteiger partial charge in [0.25, 0.3) is 0 Å². The van der Waals surface area contributed by atoms with Gasteiger partial charge in [-0.2, -0.15) is 0 Å². The third-order valence-electron chi connectivity index (χ3n) is 2.84. The number of fused-ring (bicyclic) bond motifs is 1. The van der Waals surface area contributed by atoms with Crippen LogP contribution in [0, 0.1) is 0 Å². The zero-order valence-electron chi connectivity index (χ0n) is 8.78. The van der Waals surface area contributed by atoms with Crippen molar-refractivity contribution in [1.82, 2.24) is 4.90 Å². The number of hydrogen-bond acceptors (Lipinski definition) is 2. The Kier molecular flexibility index (Phi) is 3.02. The summed E-state index contributed by atoms with van der Waals surface area (Å²) < 4.78 is 0. The first-order chi connectivity index (χ1) is 7.31. The average Bonchev–Trinajstić information content (AvgIpc) is 2.29. The molecule has 1 heterocycles. The van der Waals surface area contributed by atoms with Crippen LogP contribution in [-0.4, -0.2) is 23.9 Å². The Morgan fingerprint density at radius 1 is 1.33 bits per heavy atom. The van der Waals surface area contributed by atoms with Crippen molar-refractivity contribution >= 4 is 5.91 Å². The Balaban J connectivity index is 2.08. The molecular weight excluding hydrogens is 188 g/mol. The van der Waals surface area contributed by atoms with E-state index in [2.05, 4.69) is 18.2 Å². The van der Waals surface area contributed by atoms with E-state index in [0.717, 1.165) is 19.5 Å². The van der Waals surface area contributed by atoms with E-state index in [1.165, 1.54) is 11.1 Å². The van der Waals surface area contributed by atoms with Crippen LogP contribution in [0.15, 0.2) is 24.3 Å². The minimum Gasteiger partial charge on any atom is -0.338 e. The van der Waals surface area contributed by atoms with E-state index >= 15 is 0 Å². The van der Waals surface area contributed by atoms with Gasteiger partial charge in [-0.15, -0.1) is 0 Å². The number of hydrogen-bond donors (Lipinski definition) is 1. The van der Waals surface area contributed by atoms with Gasteiger partial charge in [0.2, 0.25) is 5.91 Å². The number of nitrogens with two attached hydrogens (primary N) is 1. The number of carbonyl (C=O) groups excluding carboxylic acids is 1. The summed E-state index contributed by atoms with van der Waals surface area (Å²) in [5.41, 5.74) is 8.03. The van der Waals surface area contributed by atoms with E-state index in [1.807, 2.05) is 11.0 Å². The van der Waals surface area contributed by atoms with Gasteiger partial charge >= 0.3 is 0 Å². The zero-order valence-corrected chi connectivity index (χ0v) is 8.78. The van der Waals surface area contributed by atoms with Gasteiger partial charge in [-0.1, -0.05) is 24.3 Å². The van der Waals surface area contributed by atoms with Gasteiger partial charge in [0, 0.05) is 26.1 Å². The van der Waals surface area contributed by atoms with Crippen molar-refractivity contribution in [3.05, 3.63) is 35.4 Å². The predicted molar refractivity (Wildman–Crippen MR) is 59.2 cm³/mol. The van der Waals surface area contributed by atoms with Crippen LogP contribution >= 0.6 is 0 Å². The normalized spacial score (nSPS) is 14.9. The standard InChI is InChI=1S/C12H16N2O/c13-7-5-12(15)14-8-6-10-3-1-2-4-11(10)9-14/h1-4H,5-9,13H2. The highest BCUT2D eigenvalue weighted by atomic mass is 16.2. The highest BCUT2D eigenvalue weighted by molar-refractivity contribution is 5.76. The lowest BCUT2D eigenvalue weighted by molar-refractivity contribution is -0.131. The predicted octanol–water partition coefficient (Wildman–Crippen LogP) is 0.920. The van der Waals surface area contributed by atoms with E-state index in [1.54, 1.807) is 0 Å². The lowest BCUT2D eigenvalue weighted by Crippen LogP contribution is -2.36. The van der Waals surface area contributed by atoms with E-state index in [-0.39, 0.29) is 5.91 Å². The maximum atomic E-state index is 11.7. The molecule has 15 heavy (non-hydrogen) atoms. The molecule has 80 valence electrons. The van der Waals surface area contributed by atoms with E-state index in [0.29, 0.717) is 13.0 Å². The molecule has 0 saturated heterocycles. The summed E-state index contributed by atoms with van der Waals surface area (Å²) in [5.74, 6) is 0.173. The van der Waals surface area contributed by atoms with Gasteiger partial charge in [-0.05, 0) is 17.5 Å². The third kappa shape index (κ3) is 2.18. The van der Waals surface area contributed by atoms with Crippen molar-refractivity contribution in [2.75, 3.05) is 13.1 Å². The van der Waals surface area contributed by atoms with Crippen LogP contribution in [0.25, 0.3) is 0 Å². The molecule has 0 bridgehead atoms. The second-order valence-corrected chi connectivity index (χ2v) is 3.87. The minimum absolute atomic E-state index is 0.173. The monoisotopic (exact) mass is 204 g/mol. The second-order valence-electron chi connectivity index (χ2n) is 3.87.